The maximum absolute atomic E-state index is 12.6. The molecule has 1 amide bonds. The number of hydrogen-bond acceptors (Lipinski definition) is 6. The number of pyridine rings is 2. The Labute approximate surface area is 170 Å². The summed E-state index contributed by atoms with van der Waals surface area (Å²) in [6.45, 7) is 0.929. The number of carbonyl (C=O) groups is 1. The smallest absolute Gasteiger partial charge is 0.390 e. The van der Waals surface area contributed by atoms with Crippen LogP contribution in [0.3, 0.4) is 0 Å². The maximum atomic E-state index is 12.6. The molecule has 10 heteroatoms. The predicted molar refractivity (Wildman–Crippen MR) is 104 cm³/mol. The number of piperidine rings is 1. The number of carbonyl (C=O) groups excluding carboxylic acids is 1. The van der Waals surface area contributed by atoms with Gasteiger partial charge in [-0.2, -0.15) is 13.2 Å². The summed E-state index contributed by atoms with van der Waals surface area (Å²) in [6, 6.07) is 3.61. The van der Waals surface area contributed by atoms with Crippen LogP contribution in [0.1, 0.15) is 19.3 Å². The average molecular weight is 419 g/mol. The molecule has 1 aliphatic heterocycles. The van der Waals surface area contributed by atoms with Crippen molar-refractivity contribution >= 4 is 22.6 Å². The van der Waals surface area contributed by atoms with E-state index in [4.69, 9.17) is 4.42 Å². The van der Waals surface area contributed by atoms with Crippen LogP contribution in [0.2, 0.25) is 0 Å². The number of anilines is 1. The number of aromatic nitrogens is 3. The molecule has 0 radical (unpaired) electrons. The summed E-state index contributed by atoms with van der Waals surface area (Å²) in [5.74, 6) is 0.576. The van der Waals surface area contributed by atoms with E-state index in [9.17, 15) is 18.0 Å². The van der Waals surface area contributed by atoms with E-state index in [1.807, 2.05) is 6.07 Å². The molecule has 0 spiro atoms. The third kappa shape index (κ3) is 4.93. The Hall–Kier alpha value is -3.01. The molecule has 0 bridgehead atoms. The first kappa shape index (κ1) is 20.3. The molecule has 0 unspecified atom stereocenters. The lowest BCUT2D eigenvalue weighted by molar-refractivity contribution is -0.139. The fourth-order valence-corrected chi connectivity index (χ4v) is 3.52. The number of nitrogens with one attached hydrogen (secondary N) is 1. The van der Waals surface area contributed by atoms with Crippen molar-refractivity contribution in [3.8, 4) is 11.3 Å². The van der Waals surface area contributed by atoms with Gasteiger partial charge in [0.25, 0.3) is 0 Å². The number of likely N-dealkylation sites (tertiary alicyclic amines) is 1. The first-order chi connectivity index (χ1) is 14.4. The summed E-state index contributed by atoms with van der Waals surface area (Å²) in [5.41, 5.74) is 1.43. The van der Waals surface area contributed by atoms with E-state index >= 15 is 0 Å². The van der Waals surface area contributed by atoms with Gasteiger partial charge in [-0.25, -0.2) is 9.97 Å². The third-order valence-electron chi connectivity index (χ3n) is 5.21. The van der Waals surface area contributed by atoms with Gasteiger partial charge in [-0.3, -0.25) is 9.78 Å². The summed E-state index contributed by atoms with van der Waals surface area (Å²) < 4.78 is 42.4. The van der Waals surface area contributed by atoms with E-state index in [-0.39, 0.29) is 18.4 Å². The zero-order valence-electron chi connectivity index (χ0n) is 16.0. The number of halogens is 3. The monoisotopic (exact) mass is 419 g/mol. The molecule has 3 aromatic heterocycles. The fourth-order valence-electron chi connectivity index (χ4n) is 3.52. The average Bonchev–Trinajstić information content (AvgIpc) is 3.26. The first-order valence-corrected chi connectivity index (χ1v) is 9.62. The van der Waals surface area contributed by atoms with Crippen LogP contribution in [-0.4, -0.2) is 51.6 Å². The zero-order chi connectivity index (χ0) is 21.1. The van der Waals surface area contributed by atoms with Crippen LogP contribution >= 0.6 is 0 Å². The van der Waals surface area contributed by atoms with Crippen LogP contribution in [-0.2, 0) is 4.79 Å². The normalized spacial score (nSPS) is 16.1. The molecular weight excluding hydrogens is 399 g/mol. The highest BCUT2D eigenvalue weighted by Gasteiger charge is 2.30. The maximum Gasteiger partial charge on any atom is 0.390 e. The van der Waals surface area contributed by atoms with Gasteiger partial charge < -0.3 is 14.6 Å². The highest BCUT2D eigenvalue weighted by atomic mass is 19.4. The predicted octanol–water partition coefficient (Wildman–Crippen LogP) is 3.89. The van der Waals surface area contributed by atoms with Gasteiger partial charge in [0.2, 0.25) is 5.91 Å². The van der Waals surface area contributed by atoms with Crippen LogP contribution in [0.25, 0.3) is 22.2 Å². The van der Waals surface area contributed by atoms with Crippen LogP contribution in [0.4, 0.5) is 19.0 Å². The number of hydrogen-bond donors (Lipinski definition) is 1. The van der Waals surface area contributed by atoms with E-state index in [2.05, 4.69) is 20.3 Å². The van der Waals surface area contributed by atoms with Crippen molar-refractivity contribution in [2.75, 3.05) is 25.0 Å². The number of rotatable bonds is 5. The van der Waals surface area contributed by atoms with E-state index < -0.39 is 12.6 Å². The van der Waals surface area contributed by atoms with Crippen molar-refractivity contribution in [1.82, 2.24) is 19.9 Å². The van der Waals surface area contributed by atoms with Crippen molar-refractivity contribution in [3.63, 3.8) is 0 Å². The molecule has 0 atom stereocenters. The number of amides is 1. The summed E-state index contributed by atoms with van der Waals surface area (Å²) in [4.78, 5) is 26.8. The quantitative estimate of drug-likeness (QED) is 0.676. The molecule has 3 aromatic rings. The number of fused-ring (bicyclic) bond motifs is 1. The Morgan fingerprint density at radius 3 is 2.67 bits per heavy atom. The van der Waals surface area contributed by atoms with Crippen LogP contribution in [0, 0.1) is 5.92 Å². The Bertz CT molecular complexity index is 1010. The van der Waals surface area contributed by atoms with E-state index in [0.717, 1.165) is 10.9 Å². The van der Waals surface area contributed by atoms with Gasteiger partial charge in [0.15, 0.2) is 12.2 Å². The largest absolute Gasteiger partial charge is 0.443 e. The van der Waals surface area contributed by atoms with Gasteiger partial charge in [0.1, 0.15) is 5.82 Å². The van der Waals surface area contributed by atoms with Crippen molar-refractivity contribution in [2.24, 2.45) is 5.92 Å². The summed E-state index contributed by atoms with van der Waals surface area (Å²) in [7, 11) is 0. The molecule has 0 aliphatic carbocycles. The minimum atomic E-state index is -4.15. The molecule has 1 fully saturated rings. The zero-order valence-corrected chi connectivity index (χ0v) is 16.0. The molecule has 4 rings (SSSR count). The minimum absolute atomic E-state index is 0.0232. The van der Waals surface area contributed by atoms with Gasteiger partial charge in [-0.05, 0) is 38.1 Å². The highest BCUT2D eigenvalue weighted by Crippen LogP contribution is 2.25. The second kappa shape index (κ2) is 8.39. The van der Waals surface area contributed by atoms with Gasteiger partial charge >= 0.3 is 6.18 Å². The van der Waals surface area contributed by atoms with Gasteiger partial charge in [0, 0.05) is 29.6 Å². The first-order valence-electron chi connectivity index (χ1n) is 9.62. The molecule has 158 valence electrons. The fraction of sp³-hybridized carbons (Fsp3) is 0.400. The van der Waals surface area contributed by atoms with Gasteiger partial charge in [0.05, 0.1) is 24.3 Å². The lowest BCUT2D eigenvalue weighted by Crippen LogP contribution is -2.39. The SMILES string of the molecule is O=C(Nc1cc2cc(-c3cnco3)cnc2cn1)C1CCN(CCC(F)(F)F)CC1. The molecule has 30 heavy (non-hydrogen) atoms. The molecule has 1 saturated heterocycles. The van der Waals surface area contributed by atoms with E-state index in [0.29, 0.717) is 43.0 Å². The van der Waals surface area contributed by atoms with Crippen molar-refractivity contribution < 1.29 is 22.4 Å². The Balaban J connectivity index is 1.37. The molecule has 0 aromatic carbocycles. The molecule has 1 aliphatic rings. The standard InChI is InChI=1S/C20H20F3N5O2/c21-20(22,23)3-6-28-4-1-13(2-5-28)19(29)27-18-8-14-7-15(17-11-24-12-30-17)9-25-16(14)10-26-18/h7-13H,1-6H2,(H,26,27,29). The number of alkyl halides is 3. The van der Waals surface area contributed by atoms with Crippen LogP contribution in [0.15, 0.2) is 41.5 Å². The second-order valence-corrected chi connectivity index (χ2v) is 7.32. The van der Waals surface area contributed by atoms with Crippen molar-refractivity contribution in [2.45, 2.75) is 25.4 Å². The minimum Gasteiger partial charge on any atom is -0.443 e. The lowest BCUT2D eigenvalue weighted by atomic mass is 9.96. The number of nitrogens with zero attached hydrogens (tertiary/aromatic N) is 4. The summed E-state index contributed by atoms with van der Waals surface area (Å²) in [5, 5.41) is 3.61. The topological polar surface area (TPSA) is 84.2 Å². The highest BCUT2D eigenvalue weighted by molar-refractivity contribution is 5.94. The third-order valence-corrected chi connectivity index (χ3v) is 5.21. The second-order valence-electron chi connectivity index (χ2n) is 7.32. The van der Waals surface area contributed by atoms with Gasteiger partial charge in [-0.1, -0.05) is 0 Å². The molecular formula is C20H20F3N5O2. The molecule has 1 N–H and O–H groups in total. The molecule has 7 nitrogen and oxygen atoms in total. The molecule has 0 saturated carbocycles. The summed E-state index contributed by atoms with van der Waals surface area (Å²) in [6.07, 6.45) is 2.24. The molecule has 4 heterocycles. The summed E-state index contributed by atoms with van der Waals surface area (Å²) >= 11 is 0. The van der Waals surface area contributed by atoms with Crippen molar-refractivity contribution in [1.29, 1.82) is 0 Å². The van der Waals surface area contributed by atoms with E-state index in [1.54, 1.807) is 29.6 Å². The Morgan fingerprint density at radius 1 is 1.17 bits per heavy atom. The Kier molecular flexibility index (Phi) is 5.67. The number of oxazole rings is 1. The Morgan fingerprint density at radius 2 is 1.97 bits per heavy atom. The van der Waals surface area contributed by atoms with Crippen molar-refractivity contribution in [3.05, 3.63) is 37.1 Å². The van der Waals surface area contributed by atoms with Crippen LogP contribution < -0.4 is 5.32 Å². The lowest BCUT2D eigenvalue weighted by Gasteiger charge is -2.31. The van der Waals surface area contributed by atoms with E-state index in [1.165, 1.54) is 6.39 Å². The van der Waals surface area contributed by atoms with Crippen LogP contribution in [0.5, 0.6) is 0 Å². The van der Waals surface area contributed by atoms with Gasteiger partial charge in [-0.15, -0.1) is 0 Å².